The van der Waals surface area contributed by atoms with Gasteiger partial charge in [-0.15, -0.1) is 0 Å². The quantitative estimate of drug-likeness (QED) is 0.781. The van der Waals surface area contributed by atoms with Crippen LogP contribution in [-0.2, 0) is 11.3 Å². The number of benzene rings is 1. The first-order valence-electron chi connectivity index (χ1n) is 7.65. The SMILES string of the molecule is COc1ccc(OC)c(C(C)NC(=O)CCn2ncc(Br)c2C)c1. The van der Waals surface area contributed by atoms with Crippen molar-refractivity contribution in [3.8, 4) is 11.5 Å². The number of rotatable bonds is 7. The predicted octanol–water partition coefficient (Wildman–Crippen LogP) is 3.24. The Labute approximate surface area is 150 Å². The van der Waals surface area contributed by atoms with Crippen LogP contribution >= 0.6 is 15.9 Å². The van der Waals surface area contributed by atoms with Gasteiger partial charge in [0.2, 0.25) is 5.91 Å². The first-order chi connectivity index (χ1) is 11.5. The summed E-state index contributed by atoms with van der Waals surface area (Å²) in [5.74, 6) is 1.40. The molecule has 1 unspecified atom stereocenters. The molecule has 2 aromatic rings. The monoisotopic (exact) mass is 395 g/mol. The normalized spacial score (nSPS) is 11.9. The molecule has 6 nitrogen and oxygen atoms in total. The molecule has 1 atom stereocenters. The Morgan fingerprint density at radius 2 is 2.12 bits per heavy atom. The van der Waals surface area contributed by atoms with Gasteiger partial charge in [0.25, 0.3) is 0 Å². The van der Waals surface area contributed by atoms with Crippen molar-refractivity contribution >= 4 is 21.8 Å². The van der Waals surface area contributed by atoms with Crippen LogP contribution in [0, 0.1) is 6.92 Å². The van der Waals surface area contributed by atoms with Crippen LogP contribution in [0.25, 0.3) is 0 Å². The highest BCUT2D eigenvalue weighted by Crippen LogP contribution is 2.29. The van der Waals surface area contributed by atoms with Crippen molar-refractivity contribution in [2.24, 2.45) is 0 Å². The van der Waals surface area contributed by atoms with Crippen LogP contribution < -0.4 is 14.8 Å². The van der Waals surface area contributed by atoms with Crippen LogP contribution in [0.3, 0.4) is 0 Å². The third-order valence-electron chi connectivity index (χ3n) is 3.87. The molecular weight excluding hydrogens is 374 g/mol. The standard InChI is InChI=1S/C17H22BrN3O3/c1-11(14-9-13(23-3)5-6-16(14)24-4)20-17(22)7-8-21-12(2)15(18)10-19-21/h5-6,9-11H,7-8H2,1-4H3,(H,20,22). The highest BCUT2D eigenvalue weighted by Gasteiger charge is 2.15. The second-order valence-corrected chi connectivity index (χ2v) is 6.30. The zero-order chi connectivity index (χ0) is 17.7. The van der Waals surface area contributed by atoms with Crippen molar-refractivity contribution in [2.75, 3.05) is 14.2 Å². The van der Waals surface area contributed by atoms with Gasteiger partial charge < -0.3 is 14.8 Å². The summed E-state index contributed by atoms with van der Waals surface area (Å²) in [6, 6.07) is 5.35. The highest BCUT2D eigenvalue weighted by molar-refractivity contribution is 9.10. The van der Waals surface area contributed by atoms with E-state index >= 15 is 0 Å². The van der Waals surface area contributed by atoms with E-state index in [2.05, 4.69) is 26.3 Å². The number of amides is 1. The minimum atomic E-state index is -0.187. The van der Waals surface area contributed by atoms with E-state index in [0.717, 1.165) is 27.2 Å². The van der Waals surface area contributed by atoms with Crippen LogP contribution in [0.1, 0.15) is 30.6 Å². The lowest BCUT2D eigenvalue weighted by Gasteiger charge is -2.18. The van der Waals surface area contributed by atoms with Crippen molar-refractivity contribution in [1.29, 1.82) is 0 Å². The highest BCUT2D eigenvalue weighted by atomic mass is 79.9. The molecule has 1 amide bonds. The summed E-state index contributed by atoms with van der Waals surface area (Å²) >= 11 is 3.41. The number of nitrogens with zero attached hydrogens (tertiary/aromatic N) is 2. The van der Waals surface area contributed by atoms with E-state index < -0.39 is 0 Å². The van der Waals surface area contributed by atoms with Crippen LogP contribution in [0.15, 0.2) is 28.9 Å². The molecule has 1 heterocycles. The van der Waals surface area contributed by atoms with Crippen LogP contribution in [0.2, 0.25) is 0 Å². The maximum absolute atomic E-state index is 12.2. The molecule has 0 saturated carbocycles. The number of methoxy groups -OCH3 is 2. The van der Waals surface area contributed by atoms with E-state index in [4.69, 9.17) is 9.47 Å². The second kappa shape index (κ2) is 8.19. The summed E-state index contributed by atoms with van der Waals surface area (Å²) in [6.45, 7) is 4.41. The van der Waals surface area contributed by atoms with Crippen molar-refractivity contribution in [3.63, 3.8) is 0 Å². The number of carbonyl (C=O) groups excluding carboxylic acids is 1. The maximum atomic E-state index is 12.2. The number of nitrogens with one attached hydrogen (secondary N) is 1. The molecule has 2 rings (SSSR count). The molecule has 1 N–H and O–H groups in total. The topological polar surface area (TPSA) is 65.4 Å². The third kappa shape index (κ3) is 4.29. The molecule has 130 valence electrons. The van der Waals surface area contributed by atoms with E-state index in [1.165, 1.54) is 0 Å². The van der Waals surface area contributed by atoms with Gasteiger partial charge in [0.1, 0.15) is 11.5 Å². The number of hydrogen-bond donors (Lipinski definition) is 1. The molecule has 7 heteroatoms. The second-order valence-electron chi connectivity index (χ2n) is 5.45. The van der Waals surface area contributed by atoms with Crippen molar-refractivity contribution < 1.29 is 14.3 Å². The Bertz CT molecular complexity index is 715. The molecule has 0 saturated heterocycles. The van der Waals surface area contributed by atoms with E-state index in [-0.39, 0.29) is 11.9 Å². The van der Waals surface area contributed by atoms with Crippen LogP contribution in [-0.4, -0.2) is 29.9 Å². The number of hydrogen-bond acceptors (Lipinski definition) is 4. The summed E-state index contributed by atoms with van der Waals surface area (Å²) in [6.07, 6.45) is 2.09. The smallest absolute Gasteiger partial charge is 0.222 e. The number of ether oxygens (including phenoxy) is 2. The summed E-state index contributed by atoms with van der Waals surface area (Å²) < 4.78 is 13.4. The molecule has 24 heavy (non-hydrogen) atoms. The van der Waals surface area contributed by atoms with Crippen molar-refractivity contribution in [1.82, 2.24) is 15.1 Å². The summed E-state index contributed by atoms with van der Waals surface area (Å²) in [7, 11) is 3.22. The predicted molar refractivity (Wildman–Crippen MR) is 95.4 cm³/mol. The largest absolute Gasteiger partial charge is 0.497 e. The van der Waals surface area contributed by atoms with Gasteiger partial charge in [-0.05, 0) is 48.0 Å². The summed E-state index contributed by atoms with van der Waals surface area (Å²) in [4.78, 5) is 12.2. The minimum Gasteiger partial charge on any atom is -0.497 e. The Kier molecular flexibility index (Phi) is 6.25. The summed E-state index contributed by atoms with van der Waals surface area (Å²) in [5, 5.41) is 7.22. The molecule has 0 fully saturated rings. The van der Waals surface area contributed by atoms with Gasteiger partial charge in [-0.25, -0.2) is 0 Å². The molecule has 0 spiro atoms. The van der Waals surface area contributed by atoms with Crippen molar-refractivity contribution in [2.45, 2.75) is 32.9 Å². The van der Waals surface area contributed by atoms with Crippen LogP contribution in [0.4, 0.5) is 0 Å². The number of halogens is 1. The number of carbonyl (C=O) groups is 1. The lowest BCUT2D eigenvalue weighted by Crippen LogP contribution is -2.28. The maximum Gasteiger partial charge on any atom is 0.222 e. The summed E-state index contributed by atoms with van der Waals surface area (Å²) in [5.41, 5.74) is 1.88. The van der Waals surface area contributed by atoms with Gasteiger partial charge in [0, 0.05) is 24.2 Å². The van der Waals surface area contributed by atoms with Gasteiger partial charge in [-0.2, -0.15) is 5.10 Å². The zero-order valence-electron chi connectivity index (χ0n) is 14.3. The molecule has 0 radical (unpaired) electrons. The molecule has 0 aliphatic rings. The van der Waals surface area contributed by atoms with E-state index in [1.807, 2.05) is 32.0 Å². The Morgan fingerprint density at radius 3 is 2.71 bits per heavy atom. The van der Waals surface area contributed by atoms with Gasteiger partial charge in [-0.3, -0.25) is 9.48 Å². The Morgan fingerprint density at radius 1 is 1.38 bits per heavy atom. The third-order valence-corrected chi connectivity index (χ3v) is 4.65. The molecular formula is C17H22BrN3O3. The zero-order valence-corrected chi connectivity index (χ0v) is 15.9. The minimum absolute atomic E-state index is 0.0432. The number of aryl methyl sites for hydroxylation is 1. The number of aromatic nitrogens is 2. The average molecular weight is 396 g/mol. The molecule has 0 aliphatic carbocycles. The van der Waals surface area contributed by atoms with Gasteiger partial charge in [-0.1, -0.05) is 0 Å². The van der Waals surface area contributed by atoms with Gasteiger partial charge in [0.15, 0.2) is 0 Å². The first kappa shape index (κ1) is 18.3. The fourth-order valence-corrected chi connectivity index (χ4v) is 2.72. The Hall–Kier alpha value is -2.02. The van der Waals surface area contributed by atoms with E-state index in [0.29, 0.717) is 13.0 Å². The van der Waals surface area contributed by atoms with Crippen LogP contribution in [0.5, 0.6) is 11.5 Å². The molecule has 1 aromatic heterocycles. The Balaban J connectivity index is 1.99. The fraction of sp³-hybridized carbons (Fsp3) is 0.412. The molecule has 0 aliphatic heterocycles. The molecule has 1 aromatic carbocycles. The van der Waals surface area contributed by atoms with E-state index in [9.17, 15) is 4.79 Å². The average Bonchev–Trinajstić information content (AvgIpc) is 2.91. The van der Waals surface area contributed by atoms with Crippen molar-refractivity contribution in [3.05, 3.63) is 40.1 Å². The first-order valence-corrected chi connectivity index (χ1v) is 8.44. The molecule has 0 bridgehead atoms. The fourth-order valence-electron chi connectivity index (χ4n) is 2.43. The van der Waals surface area contributed by atoms with E-state index in [1.54, 1.807) is 25.1 Å². The van der Waals surface area contributed by atoms with Gasteiger partial charge in [0.05, 0.1) is 30.9 Å². The lowest BCUT2D eigenvalue weighted by molar-refractivity contribution is -0.122. The van der Waals surface area contributed by atoms with Gasteiger partial charge >= 0.3 is 0 Å². The lowest BCUT2D eigenvalue weighted by atomic mass is 10.1.